The zero-order valence-corrected chi connectivity index (χ0v) is 18.7. The fraction of sp³-hybridized carbons (Fsp3) is 0.292. The summed E-state index contributed by atoms with van der Waals surface area (Å²) >= 11 is 0. The lowest BCUT2D eigenvalue weighted by atomic mass is 10.1. The van der Waals surface area contributed by atoms with Crippen LogP contribution in [0.3, 0.4) is 0 Å². The molecule has 3 aromatic rings. The van der Waals surface area contributed by atoms with Crippen LogP contribution in [0, 0.1) is 6.92 Å². The van der Waals surface area contributed by atoms with Crippen LogP contribution in [-0.4, -0.2) is 55.2 Å². The number of methoxy groups -OCH3 is 1. The van der Waals surface area contributed by atoms with Crippen molar-refractivity contribution in [1.82, 2.24) is 14.9 Å². The lowest BCUT2D eigenvalue weighted by Crippen LogP contribution is -2.41. The van der Waals surface area contributed by atoms with E-state index in [4.69, 9.17) is 4.74 Å². The van der Waals surface area contributed by atoms with E-state index in [-0.39, 0.29) is 11.8 Å². The number of rotatable bonds is 6. The lowest BCUT2D eigenvalue weighted by Gasteiger charge is -2.19. The molecule has 2 aromatic carbocycles. The Morgan fingerprint density at radius 1 is 1.19 bits per heavy atom. The number of aryl methyl sites for hydroxylation is 1. The summed E-state index contributed by atoms with van der Waals surface area (Å²) in [6, 6.07) is 12.4. The number of anilines is 2. The first-order chi connectivity index (χ1) is 15.4. The third kappa shape index (κ3) is 4.16. The zero-order chi connectivity index (χ0) is 22.8. The maximum atomic E-state index is 13.0. The molecular formula is C24H27N5O3. The van der Waals surface area contributed by atoms with Gasteiger partial charge in [-0.05, 0) is 49.7 Å². The molecule has 1 aliphatic rings. The molecule has 1 aliphatic heterocycles. The zero-order valence-electron chi connectivity index (χ0n) is 18.7. The predicted octanol–water partition coefficient (Wildman–Crippen LogP) is 2.79. The molecule has 8 heteroatoms. The minimum Gasteiger partial charge on any atom is -0.494 e. The van der Waals surface area contributed by atoms with Crippen molar-refractivity contribution in [1.29, 1.82) is 0 Å². The first kappa shape index (κ1) is 21.4. The van der Waals surface area contributed by atoms with E-state index in [1.807, 2.05) is 67.0 Å². The molecule has 4 rings (SSSR count). The van der Waals surface area contributed by atoms with E-state index < -0.39 is 6.04 Å². The van der Waals surface area contributed by atoms with Gasteiger partial charge < -0.3 is 24.4 Å². The van der Waals surface area contributed by atoms with Crippen molar-refractivity contribution in [2.24, 2.45) is 0 Å². The van der Waals surface area contributed by atoms with Crippen LogP contribution in [0.25, 0.3) is 5.69 Å². The van der Waals surface area contributed by atoms with Crippen LogP contribution in [0.4, 0.5) is 11.4 Å². The van der Waals surface area contributed by atoms with Crippen LogP contribution in [0.15, 0.2) is 55.0 Å². The number of hydrogen-bond donors (Lipinski definition) is 1. The van der Waals surface area contributed by atoms with Gasteiger partial charge in [0, 0.05) is 49.8 Å². The Morgan fingerprint density at radius 2 is 1.94 bits per heavy atom. The average molecular weight is 434 g/mol. The highest BCUT2D eigenvalue weighted by Crippen LogP contribution is 2.31. The van der Waals surface area contributed by atoms with Crippen LogP contribution in [0.1, 0.15) is 22.5 Å². The fourth-order valence-electron chi connectivity index (χ4n) is 3.82. The van der Waals surface area contributed by atoms with Gasteiger partial charge in [-0.25, -0.2) is 4.98 Å². The molecule has 1 fully saturated rings. The van der Waals surface area contributed by atoms with Crippen molar-refractivity contribution in [2.45, 2.75) is 19.4 Å². The Labute approximate surface area is 187 Å². The number of imidazole rings is 1. The van der Waals surface area contributed by atoms with Crippen LogP contribution in [0.2, 0.25) is 0 Å². The molecule has 0 spiro atoms. The number of benzene rings is 2. The second kappa shape index (κ2) is 8.74. The maximum absolute atomic E-state index is 13.0. The lowest BCUT2D eigenvalue weighted by molar-refractivity contribution is -0.118. The molecule has 0 bridgehead atoms. The van der Waals surface area contributed by atoms with E-state index in [0.717, 1.165) is 22.8 Å². The highest BCUT2D eigenvalue weighted by atomic mass is 16.5. The second-order valence-electron chi connectivity index (χ2n) is 8.02. The van der Waals surface area contributed by atoms with Crippen LogP contribution >= 0.6 is 0 Å². The van der Waals surface area contributed by atoms with E-state index in [1.165, 1.54) is 0 Å². The minimum absolute atomic E-state index is 0.128. The monoisotopic (exact) mass is 433 g/mol. The van der Waals surface area contributed by atoms with Gasteiger partial charge in [0.25, 0.3) is 5.91 Å². The number of ether oxygens (including phenoxy) is 1. The van der Waals surface area contributed by atoms with Crippen molar-refractivity contribution < 1.29 is 14.3 Å². The summed E-state index contributed by atoms with van der Waals surface area (Å²) in [6.45, 7) is 2.45. The van der Waals surface area contributed by atoms with Gasteiger partial charge in [-0.1, -0.05) is 0 Å². The Kier molecular flexibility index (Phi) is 5.85. The molecule has 0 saturated carbocycles. The molecule has 0 aliphatic carbocycles. The van der Waals surface area contributed by atoms with Gasteiger partial charge in [-0.2, -0.15) is 0 Å². The number of nitrogens with one attached hydrogen (secondary N) is 1. The van der Waals surface area contributed by atoms with Crippen molar-refractivity contribution in [3.63, 3.8) is 0 Å². The van der Waals surface area contributed by atoms with E-state index in [1.54, 1.807) is 30.5 Å². The van der Waals surface area contributed by atoms with Gasteiger partial charge in [0.2, 0.25) is 5.91 Å². The van der Waals surface area contributed by atoms with Gasteiger partial charge in [0.15, 0.2) is 0 Å². The summed E-state index contributed by atoms with van der Waals surface area (Å²) in [4.78, 5) is 33.6. The van der Waals surface area contributed by atoms with Crippen molar-refractivity contribution in [3.05, 3.63) is 66.2 Å². The van der Waals surface area contributed by atoms with E-state index >= 15 is 0 Å². The largest absolute Gasteiger partial charge is 0.494 e. The summed E-state index contributed by atoms with van der Waals surface area (Å²) in [5.41, 5.74) is 4.02. The molecule has 1 saturated heterocycles. The number of aromatic nitrogens is 2. The number of carbonyl (C=O) groups excluding carboxylic acids is 2. The third-order valence-corrected chi connectivity index (χ3v) is 5.62. The molecule has 166 valence electrons. The molecule has 8 nitrogen and oxygen atoms in total. The summed E-state index contributed by atoms with van der Waals surface area (Å²) in [6.07, 6.45) is 4.19. The Hall–Kier alpha value is -3.81. The van der Waals surface area contributed by atoms with Crippen molar-refractivity contribution in [2.75, 3.05) is 37.5 Å². The Bertz CT molecular complexity index is 1140. The predicted molar refractivity (Wildman–Crippen MR) is 124 cm³/mol. The summed E-state index contributed by atoms with van der Waals surface area (Å²) in [7, 11) is 5.49. The molecule has 1 atom stereocenters. The molecular weight excluding hydrogens is 406 g/mol. The number of hydrogen-bond acceptors (Lipinski definition) is 5. The van der Waals surface area contributed by atoms with Crippen LogP contribution in [-0.2, 0) is 4.79 Å². The maximum Gasteiger partial charge on any atom is 0.251 e. The first-order valence-electron chi connectivity index (χ1n) is 10.5. The van der Waals surface area contributed by atoms with Crippen molar-refractivity contribution >= 4 is 23.2 Å². The fourth-order valence-corrected chi connectivity index (χ4v) is 3.82. The van der Waals surface area contributed by atoms with Gasteiger partial charge in [0.05, 0.1) is 24.8 Å². The Morgan fingerprint density at radius 3 is 2.56 bits per heavy atom. The highest BCUT2D eigenvalue weighted by molar-refractivity contribution is 6.04. The summed E-state index contributed by atoms with van der Waals surface area (Å²) < 4.78 is 7.44. The molecule has 2 heterocycles. The number of nitrogens with zero attached hydrogens (tertiary/aromatic N) is 4. The van der Waals surface area contributed by atoms with Crippen LogP contribution in [0.5, 0.6) is 5.75 Å². The van der Waals surface area contributed by atoms with Gasteiger partial charge >= 0.3 is 0 Å². The molecule has 32 heavy (non-hydrogen) atoms. The van der Waals surface area contributed by atoms with Gasteiger partial charge in [-0.3, -0.25) is 9.59 Å². The van der Waals surface area contributed by atoms with Crippen molar-refractivity contribution in [3.8, 4) is 11.4 Å². The quantitative estimate of drug-likeness (QED) is 0.647. The number of carbonyl (C=O) groups is 2. The molecule has 1 aromatic heterocycles. The highest BCUT2D eigenvalue weighted by Gasteiger charge is 2.34. The average Bonchev–Trinajstić information content (AvgIpc) is 3.39. The smallest absolute Gasteiger partial charge is 0.251 e. The normalized spacial score (nSPS) is 15.7. The second-order valence-corrected chi connectivity index (χ2v) is 8.02. The molecule has 0 radical (unpaired) electrons. The van der Waals surface area contributed by atoms with Crippen LogP contribution < -0.4 is 19.9 Å². The Balaban J connectivity index is 1.47. The molecule has 1 unspecified atom stereocenters. The van der Waals surface area contributed by atoms with E-state index in [0.29, 0.717) is 24.3 Å². The standard InChI is InChI=1S/C24H27N5O3/c1-16-14-28(15-25-16)21-10-9-19(13-22(21)32-4)29-12-11-20(24(29)31)26-23(30)17-5-7-18(8-6-17)27(2)3/h5-10,13-15,20H,11-12H2,1-4H3,(H,26,30). The summed E-state index contributed by atoms with van der Waals surface area (Å²) in [5.74, 6) is 0.261. The third-order valence-electron chi connectivity index (χ3n) is 5.62. The number of amides is 2. The topological polar surface area (TPSA) is 79.7 Å². The molecule has 2 amide bonds. The van der Waals surface area contributed by atoms with Gasteiger partial charge in [0.1, 0.15) is 11.8 Å². The first-order valence-corrected chi connectivity index (χ1v) is 10.5. The summed E-state index contributed by atoms with van der Waals surface area (Å²) in [5, 5.41) is 2.87. The molecule has 1 N–H and O–H groups in total. The minimum atomic E-state index is -0.557. The van der Waals surface area contributed by atoms with E-state index in [2.05, 4.69) is 10.3 Å². The van der Waals surface area contributed by atoms with Gasteiger partial charge in [-0.15, -0.1) is 0 Å². The van der Waals surface area contributed by atoms with E-state index in [9.17, 15) is 9.59 Å². The SMILES string of the molecule is COc1cc(N2CCC(NC(=O)c3ccc(N(C)C)cc3)C2=O)ccc1-n1cnc(C)c1.